The zero-order valence-electron chi connectivity index (χ0n) is 19.1. The van der Waals surface area contributed by atoms with Crippen LogP contribution in [0.15, 0.2) is 24.3 Å². The van der Waals surface area contributed by atoms with E-state index in [-0.39, 0.29) is 30.6 Å². The van der Waals surface area contributed by atoms with Crippen molar-refractivity contribution in [3.63, 3.8) is 0 Å². The van der Waals surface area contributed by atoms with Crippen molar-refractivity contribution < 1.29 is 29.3 Å². The molecule has 1 fully saturated rings. The van der Waals surface area contributed by atoms with Gasteiger partial charge in [-0.15, -0.1) is 0 Å². The van der Waals surface area contributed by atoms with E-state index >= 15 is 0 Å². The highest BCUT2D eigenvalue weighted by atomic mass is 16.5. The number of allylic oxidation sites excluding steroid dienone is 2. The number of aliphatic hydroxyl groups excluding tert-OH is 1. The van der Waals surface area contributed by atoms with Gasteiger partial charge in [-0.1, -0.05) is 50.5 Å². The molecular weight excluding hydrogens is 398 g/mol. The number of ether oxygens (including phenoxy) is 1. The second-order valence-electron chi connectivity index (χ2n) is 8.62. The first kappa shape index (κ1) is 27.0. The number of carbonyl (C=O) groups is 3. The standard InChI is InChI=1S/C24H39NO6/c1-4-5-10-14-24(3,30)15-13-20-19(21(27)17-22(20)28)12-9-7-6-8-11-16-31-23(29)25-18(2)26/h7,9,13,15,19-20,22,28,30H,4-6,8,10-12,14,16-17H2,1-3H3,(H,25,26,29)/b9-7-,15-13+/t19-,20-,22-,24+/m1/s1. The predicted octanol–water partition coefficient (Wildman–Crippen LogP) is 3.83. The number of carbonyl (C=O) groups excluding carboxylic acids is 3. The lowest BCUT2D eigenvalue weighted by molar-refractivity contribution is -0.121. The third-order valence-electron chi connectivity index (χ3n) is 5.53. The minimum absolute atomic E-state index is 0.0577. The van der Waals surface area contributed by atoms with Gasteiger partial charge in [-0.2, -0.15) is 0 Å². The SMILES string of the molecule is CCCCC[C@](C)(O)/C=C/[C@H]1[C@H](O)CC(=O)[C@@H]1C/C=C\CCCCOC(=O)NC(C)=O. The summed E-state index contributed by atoms with van der Waals surface area (Å²) in [5, 5.41) is 22.9. The summed E-state index contributed by atoms with van der Waals surface area (Å²) in [5.41, 5.74) is -0.926. The van der Waals surface area contributed by atoms with Crippen LogP contribution >= 0.6 is 0 Å². The van der Waals surface area contributed by atoms with Gasteiger partial charge in [0, 0.05) is 25.2 Å². The van der Waals surface area contributed by atoms with Crippen molar-refractivity contribution in [1.29, 1.82) is 0 Å². The van der Waals surface area contributed by atoms with E-state index in [9.17, 15) is 24.6 Å². The summed E-state index contributed by atoms with van der Waals surface area (Å²) in [4.78, 5) is 34.2. The Hall–Kier alpha value is -1.99. The topological polar surface area (TPSA) is 113 Å². The molecule has 0 unspecified atom stereocenters. The molecule has 3 N–H and O–H groups in total. The number of unbranched alkanes of at least 4 members (excludes halogenated alkanes) is 4. The van der Waals surface area contributed by atoms with E-state index in [2.05, 4.69) is 6.92 Å². The van der Waals surface area contributed by atoms with Gasteiger partial charge in [-0.05, 0) is 39.0 Å². The van der Waals surface area contributed by atoms with Crippen molar-refractivity contribution in [3.05, 3.63) is 24.3 Å². The van der Waals surface area contributed by atoms with Crippen LogP contribution in [0.25, 0.3) is 0 Å². The van der Waals surface area contributed by atoms with Crippen LogP contribution in [-0.4, -0.2) is 46.3 Å². The first-order chi connectivity index (χ1) is 14.7. The monoisotopic (exact) mass is 437 g/mol. The molecule has 31 heavy (non-hydrogen) atoms. The summed E-state index contributed by atoms with van der Waals surface area (Å²) < 4.78 is 4.87. The zero-order chi connectivity index (χ0) is 23.3. The Labute approximate surface area is 185 Å². The Balaban J connectivity index is 2.40. The summed E-state index contributed by atoms with van der Waals surface area (Å²) >= 11 is 0. The third kappa shape index (κ3) is 11.3. The van der Waals surface area contributed by atoms with E-state index < -0.39 is 23.7 Å². The molecule has 0 aliphatic heterocycles. The van der Waals surface area contributed by atoms with Gasteiger partial charge in [-0.25, -0.2) is 4.79 Å². The summed E-state index contributed by atoms with van der Waals surface area (Å²) in [6.07, 6.45) is 12.8. The molecule has 0 spiro atoms. The molecule has 0 saturated heterocycles. The van der Waals surface area contributed by atoms with Crippen LogP contribution in [-0.2, 0) is 14.3 Å². The van der Waals surface area contributed by atoms with Gasteiger partial charge < -0.3 is 14.9 Å². The second-order valence-corrected chi connectivity index (χ2v) is 8.62. The predicted molar refractivity (Wildman–Crippen MR) is 119 cm³/mol. The first-order valence-corrected chi connectivity index (χ1v) is 11.4. The summed E-state index contributed by atoms with van der Waals surface area (Å²) in [5.74, 6) is -0.939. The van der Waals surface area contributed by atoms with Gasteiger partial charge in [0.2, 0.25) is 5.91 Å². The van der Waals surface area contributed by atoms with E-state index in [1.165, 1.54) is 6.92 Å². The number of nitrogens with one attached hydrogen (secondary N) is 1. The average Bonchev–Trinajstić information content (AvgIpc) is 2.94. The molecular formula is C24H39NO6. The molecule has 0 bridgehead atoms. The molecule has 4 atom stereocenters. The normalized spacial score (nSPS) is 23.4. The van der Waals surface area contributed by atoms with E-state index in [0.717, 1.165) is 32.1 Å². The summed E-state index contributed by atoms with van der Waals surface area (Å²) in [6.45, 7) is 5.37. The first-order valence-electron chi connectivity index (χ1n) is 11.4. The third-order valence-corrected chi connectivity index (χ3v) is 5.53. The molecule has 7 nitrogen and oxygen atoms in total. The molecule has 0 heterocycles. The minimum Gasteiger partial charge on any atom is -0.449 e. The lowest BCUT2D eigenvalue weighted by Gasteiger charge is -2.21. The van der Waals surface area contributed by atoms with Gasteiger partial charge in [0.15, 0.2) is 0 Å². The fourth-order valence-electron chi connectivity index (χ4n) is 3.73. The molecule has 0 aromatic heterocycles. The lowest BCUT2D eigenvalue weighted by atomic mass is 9.88. The van der Waals surface area contributed by atoms with Crippen LogP contribution in [0.3, 0.4) is 0 Å². The van der Waals surface area contributed by atoms with Crippen molar-refractivity contribution in [2.24, 2.45) is 11.8 Å². The minimum atomic E-state index is -0.926. The van der Waals surface area contributed by atoms with Crippen molar-refractivity contribution in [1.82, 2.24) is 5.32 Å². The number of hydrogen-bond donors (Lipinski definition) is 3. The maximum Gasteiger partial charge on any atom is 0.413 e. The van der Waals surface area contributed by atoms with Crippen LogP contribution in [0, 0.1) is 11.8 Å². The molecule has 176 valence electrons. The average molecular weight is 438 g/mol. The smallest absolute Gasteiger partial charge is 0.413 e. The Morgan fingerprint density at radius 3 is 2.65 bits per heavy atom. The van der Waals surface area contributed by atoms with E-state index in [1.54, 1.807) is 13.0 Å². The molecule has 2 amide bonds. The van der Waals surface area contributed by atoms with Gasteiger partial charge in [0.25, 0.3) is 0 Å². The van der Waals surface area contributed by atoms with Crippen molar-refractivity contribution in [2.45, 2.75) is 90.3 Å². The largest absolute Gasteiger partial charge is 0.449 e. The Bertz CT molecular complexity index is 640. The van der Waals surface area contributed by atoms with Crippen LogP contribution in [0.4, 0.5) is 4.79 Å². The van der Waals surface area contributed by atoms with Gasteiger partial charge >= 0.3 is 6.09 Å². The van der Waals surface area contributed by atoms with Crippen LogP contribution in [0.5, 0.6) is 0 Å². The number of alkyl carbamates (subject to hydrolysis) is 1. The number of amides is 2. The summed E-state index contributed by atoms with van der Waals surface area (Å²) in [6, 6.07) is 0. The van der Waals surface area contributed by atoms with Gasteiger partial charge in [0.05, 0.1) is 18.3 Å². The van der Waals surface area contributed by atoms with Crippen molar-refractivity contribution >= 4 is 17.8 Å². The Morgan fingerprint density at radius 1 is 1.23 bits per heavy atom. The Kier molecular flexibility index (Phi) is 12.3. The fraction of sp³-hybridized carbons (Fsp3) is 0.708. The van der Waals surface area contributed by atoms with Crippen molar-refractivity contribution in [3.8, 4) is 0 Å². The molecule has 1 rings (SSSR count). The summed E-state index contributed by atoms with van der Waals surface area (Å²) in [7, 11) is 0. The van der Waals surface area contributed by atoms with Gasteiger partial charge in [0.1, 0.15) is 5.78 Å². The lowest BCUT2D eigenvalue weighted by Crippen LogP contribution is -2.28. The molecule has 7 heteroatoms. The van der Waals surface area contributed by atoms with Crippen LogP contribution in [0.1, 0.15) is 78.6 Å². The highest BCUT2D eigenvalue weighted by Gasteiger charge is 2.39. The molecule has 1 saturated carbocycles. The maximum absolute atomic E-state index is 12.3. The number of aliphatic hydroxyl groups is 2. The fourth-order valence-corrected chi connectivity index (χ4v) is 3.73. The molecule has 0 radical (unpaired) electrons. The Morgan fingerprint density at radius 2 is 1.97 bits per heavy atom. The number of rotatable bonds is 13. The van der Waals surface area contributed by atoms with E-state index in [4.69, 9.17) is 4.74 Å². The van der Waals surface area contributed by atoms with Crippen LogP contribution < -0.4 is 5.32 Å². The number of imide groups is 1. The molecule has 1 aliphatic rings. The number of ketones is 1. The quantitative estimate of drug-likeness (QED) is 0.298. The molecule has 1 aliphatic carbocycles. The highest BCUT2D eigenvalue weighted by Crippen LogP contribution is 2.34. The van der Waals surface area contributed by atoms with Crippen LogP contribution in [0.2, 0.25) is 0 Å². The number of Topliss-reactive ketones (excluding diaryl/α,β-unsaturated/α-hetero) is 1. The highest BCUT2D eigenvalue weighted by molar-refractivity contribution is 5.90. The van der Waals surface area contributed by atoms with E-state index in [0.29, 0.717) is 19.3 Å². The molecule has 0 aromatic rings. The molecule has 0 aromatic carbocycles. The maximum atomic E-state index is 12.3. The number of hydrogen-bond acceptors (Lipinski definition) is 6. The van der Waals surface area contributed by atoms with E-state index in [1.807, 2.05) is 23.5 Å². The van der Waals surface area contributed by atoms with Crippen molar-refractivity contribution in [2.75, 3.05) is 6.61 Å². The zero-order valence-corrected chi connectivity index (χ0v) is 19.1. The second kappa shape index (κ2) is 14.1. The van der Waals surface area contributed by atoms with Gasteiger partial charge in [-0.3, -0.25) is 14.9 Å².